The standard InChI is InChI=1S/C19H17FN4O5/c1-2-19(12-6-4-3-5-7-12)17(26)23(18(27)22-19)11-16(25)21-14-9-8-13(20)10-15(14)24(28)29/h3-10H,2,11H2,1H3,(H,21,25)(H,22,27). The van der Waals surface area contributed by atoms with Crippen molar-refractivity contribution in [3.8, 4) is 0 Å². The van der Waals surface area contributed by atoms with Gasteiger partial charge in [-0.2, -0.15) is 0 Å². The Bertz CT molecular complexity index is 997. The predicted molar refractivity (Wildman–Crippen MR) is 100 cm³/mol. The summed E-state index contributed by atoms with van der Waals surface area (Å²) in [4.78, 5) is 48.7. The SMILES string of the molecule is CCC1(c2ccccc2)NC(=O)N(CC(=O)Nc2ccc(F)cc2[N+](=O)[O-])C1=O. The van der Waals surface area contributed by atoms with Crippen molar-refractivity contribution in [3.05, 3.63) is 70.0 Å². The van der Waals surface area contributed by atoms with Crippen LogP contribution >= 0.6 is 0 Å². The molecule has 2 aromatic carbocycles. The first-order chi connectivity index (χ1) is 13.8. The summed E-state index contributed by atoms with van der Waals surface area (Å²) in [6, 6.07) is 10.6. The number of anilines is 1. The molecule has 1 aliphatic heterocycles. The van der Waals surface area contributed by atoms with Gasteiger partial charge in [0.25, 0.3) is 11.6 Å². The van der Waals surface area contributed by atoms with Gasteiger partial charge in [0.1, 0.15) is 23.6 Å². The number of nitro benzene ring substituents is 1. The van der Waals surface area contributed by atoms with Gasteiger partial charge in [0, 0.05) is 0 Å². The molecule has 0 saturated carbocycles. The van der Waals surface area contributed by atoms with Gasteiger partial charge in [0.2, 0.25) is 5.91 Å². The Morgan fingerprint density at radius 2 is 1.93 bits per heavy atom. The van der Waals surface area contributed by atoms with Crippen LogP contribution in [0.25, 0.3) is 0 Å². The molecule has 0 spiro atoms. The maximum absolute atomic E-state index is 13.2. The van der Waals surface area contributed by atoms with Gasteiger partial charge in [-0.05, 0) is 24.1 Å². The molecule has 3 rings (SSSR count). The summed E-state index contributed by atoms with van der Waals surface area (Å²) in [6.45, 7) is 1.09. The van der Waals surface area contributed by atoms with E-state index in [0.29, 0.717) is 11.6 Å². The molecule has 150 valence electrons. The molecule has 9 nitrogen and oxygen atoms in total. The van der Waals surface area contributed by atoms with Gasteiger partial charge in [0.15, 0.2) is 0 Å². The monoisotopic (exact) mass is 400 g/mol. The first-order valence-corrected chi connectivity index (χ1v) is 8.72. The normalized spacial score (nSPS) is 18.5. The second-order valence-corrected chi connectivity index (χ2v) is 6.41. The molecule has 29 heavy (non-hydrogen) atoms. The molecular weight excluding hydrogens is 383 g/mol. The third-order valence-corrected chi connectivity index (χ3v) is 4.70. The number of nitrogens with one attached hydrogen (secondary N) is 2. The van der Waals surface area contributed by atoms with Gasteiger partial charge in [-0.15, -0.1) is 0 Å². The van der Waals surface area contributed by atoms with Gasteiger partial charge >= 0.3 is 6.03 Å². The number of hydrogen-bond donors (Lipinski definition) is 2. The van der Waals surface area contributed by atoms with Gasteiger partial charge in [-0.1, -0.05) is 37.3 Å². The van der Waals surface area contributed by atoms with Crippen molar-refractivity contribution in [2.45, 2.75) is 18.9 Å². The number of carbonyl (C=O) groups excluding carboxylic acids is 3. The molecule has 10 heteroatoms. The van der Waals surface area contributed by atoms with Crippen molar-refractivity contribution < 1.29 is 23.7 Å². The van der Waals surface area contributed by atoms with E-state index in [1.807, 2.05) is 0 Å². The Morgan fingerprint density at radius 3 is 2.55 bits per heavy atom. The lowest BCUT2D eigenvalue weighted by atomic mass is 9.87. The summed E-state index contributed by atoms with van der Waals surface area (Å²) in [5.41, 5.74) is -1.58. The van der Waals surface area contributed by atoms with Crippen LogP contribution in [0.4, 0.5) is 20.6 Å². The third-order valence-electron chi connectivity index (χ3n) is 4.70. The lowest BCUT2D eigenvalue weighted by Gasteiger charge is -2.25. The Labute approximate surface area is 164 Å². The van der Waals surface area contributed by atoms with Crippen LogP contribution < -0.4 is 10.6 Å². The first kappa shape index (κ1) is 19.9. The van der Waals surface area contributed by atoms with E-state index in [9.17, 15) is 28.9 Å². The van der Waals surface area contributed by atoms with E-state index in [4.69, 9.17) is 0 Å². The average molecular weight is 400 g/mol. The van der Waals surface area contributed by atoms with Gasteiger partial charge < -0.3 is 10.6 Å². The minimum Gasteiger partial charge on any atom is -0.319 e. The third kappa shape index (κ3) is 3.64. The summed E-state index contributed by atoms with van der Waals surface area (Å²) in [5.74, 6) is -2.26. The molecule has 1 aliphatic rings. The van der Waals surface area contributed by atoms with E-state index in [1.54, 1.807) is 37.3 Å². The van der Waals surface area contributed by atoms with Crippen LogP contribution in [0.5, 0.6) is 0 Å². The zero-order chi connectivity index (χ0) is 21.2. The molecule has 0 radical (unpaired) electrons. The van der Waals surface area contributed by atoms with Crippen molar-refractivity contribution in [2.75, 3.05) is 11.9 Å². The predicted octanol–water partition coefficient (Wildman–Crippen LogP) is 2.53. The van der Waals surface area contributed by atoms with Crippen LogP contribution in [0.1, 0.15) is 18.9 Å². The van der Waals surface area contributed by atoms with Crippen LogP contribution in [0, 0.1) is 15.9 Å². The maximum atomic E-state index is 13.2. The van der Waals surface area contributed by atoms with Crippen LogP contribution in [0.15, 0.2) is 48.5 Å². The highest BCUT2D eigenvalue weighted by Gasteiger charge is 2.51. The van der Waals surface area contributed by atoms with Crippen LogP contribution in [-0.2, 0) is 15.1 Å². The summed E-state index contributed by atoms with van der Waals surface area (Å²) in [6.07, 6.45) is 0.267. The van der Waals surface area contributed by atoms with E-state index in [-0.39, 0.29) is 12.1 Å². The zero-order valence-electron chi connectivity index (χ0n) is 15.3. The second-order valence-electron chi connectivity index (χ2n) is 6.41. The summed E-state index contributed by atoms with van der Waals surface area (Å²) < 4.78 is 13.2. The van der Waals surface area contributed by atoms with Gasteiger partial charge in [-0.3, -0.25) is 24.6 Å². The van der Waals surface area contributed by atoms with E-state index in [1.165, 1.54) is 0 Å². The molecule has 2 N–H and O–H groups in total. The zero-order valence-corrected chi connectivity index (χ0v) is 15.3. The number of hydrogen-bond acceptors (Lipinski definition) is 5. The number of carbonyl (C=O) groups is 3. The first-order valence-electron chi connectivity index (χ1n) is 8.72. The van der Waals surface area contributed by atoms with Crippen molar-refractivity contribution in [1.29, 1.82) is 0 Å². The molecule has 0 bridgehead atoms. The van der Waals surface area contributed by atoms with Crippen LogP contribution in [0.3, 0.4) is 0 Å². The molecule has 2 aromatic rings. The highest BCUT2D eigenvalue weighted by atomic mass is 19.1. The number of amides is 4. The quantitative estimate of drug-likeness (QED) is 0.438. The second kappa shape index (κ2) is 7.66. The molecule has 1 heterocycles. The van der Waals surface area contributed by atoms with Crippen molar-refractivity contribution in [3.63, 3.8) is 0 Å². The Kier molecular flexibility index (Phi) is 5.26. The topological polar surface area (TPSA) is 122 Å². The molecule has 0 aliphatic carbocycles. The number of rotatable bonds is 6. The van der Waals surface area contributed by atoms with Crippen molar-refractivity contribution in [2.24, 2.45) is 0 Å². The Morgan fingerprint density at radius 1 is 1.24 bits per heavy atom. The van der Waals surface area contributed by atoms with Crippen LogP contribution in [0.2, 0.25) is 0 Å². The highest BCUT2D eigenvalue weighted by Crippen LogP contribution is 2.32. The number of nitro groups is 1. The Hall–Kier alpha value is -3.82. The van der Waals surface area contributed by atoms with E-state index in [2.05, 4.69) is 10.6 Å². The fraction of sp³-hybridized carbons (Fsp3) is 0.211. The molecular formula is C19H17FN4O5. The Balaban J connectivity index is 1.80. The van der Waals surface area contributed by atoms with Gasteiger partial charge in [0.05, 0.1) is 11.0 Å². The minimum absolute atomic E-state index is 0.238. The average Bonchev–Trinajstić information content (AvgIpc) is 2.95. The summed E-state index contributed by atoms with van der Waals surface area (Å²) in [5, 5.41) is 15.9. The van der Waals surface area contributed by atoms with Gasteiger partial charge in [-0.25, -0.2) is 9.18 Å². The molecule has 1 atom stereocenters. The fourth-order valence-corrected chi connectivity index (χ4v) is 3.23. The molecule has 4 amide bonds. The molecule has 1 fully saturated rings. The maximum Gasteiger partial charge on any atom is 0.325 e. The molecule has 1 unspecified atom stereocenters. The van der Waals surface area contributed by atoms with E-state index >= 15 is 0 Å². The fourth-order valence-electron chi connectivity index (χ4n) is 3.23. The lowest BCUT2D eigenvalue weighted by molar-refractivity contribution is -0.384. The number of benzene rings is 2. The number of urea groups is 1. The minimum atomic E-state index is -1.29. The molecule has 1 saturated heterocycles. The molecule has 0 aromatic heterocycles. The lowest BCUT2D eigenvalue weighted by Crippen LogP contribution is -2.44. The van der Waals surface area contributed by atoms with Crippen LogP contribution in [-0.4, -0.2) is 34.2 Å². The van der Waals surface area contributed by atoms with E-state index in [0.717, 1.165) is 17.0 Å². The summed E-state index contributed by atoms with van der Waals surface area (Å²) >= 11 is 0. The number of nitrogens with zero attached hydrogens (tertiary/aromatic N) is 2. The summed E-state index contributed by atoms with van der Waals surface area (Å²) in [7, 11) is 0. The smallest absolute Gasteiger partial charge is 0.319 e. The largest absolute Gasteiger partial charge is 0.325 e. The highest BCUT2D eigenvalue weighted by molar-refractivity contribution is 6.10. The van der Waals surface area contributed by atoms with Crippen molar-refractivity contribution in [1.82, 2.24) is 10.2 Å². The van der Waals surface area contributed by atoms with E-state index < -0.39 is 46.4 Å². The van der Waals surface area contributed by atoms with Crippen molar-refractivity contribution >= 4 is 29.2 Å². The number of imide groups is 1. The number of halogens is 1.